The molecule has 0 aliphatic carbocycles. The second kappa shape index (κ2) is 3.55. The summed E-state index contributed by atoms with van der Waals surface area (Å²) >= 11 is 0. The van der Waals surface area contributed by atoms with Crippen LogP contribution < -0.4 is 0 Å². The molecule has 0 aromatic rings. The van der Waals surface area contributed by atoms with Crippen molar-refractivity contribution in [3.05, 3.63) is 13.9 Å². The van der Waals surface area contributed by atoms with Crippen LogP contribution in [0.2, 0.25) is 0 Å². The summed E-state index contributed by atoms with van der Waals surface area (Å²) in [4.78, 5) is -0.171. The monoisotopic (exact) mass is 280 g/mol. The van der Waals surface area contributed by atoms with Crippen LogP contribution in [0.15, 0.2) is 9.81 Å². The second-order valence-electron chi connectivity index (χ2n) is 6.18. The van der Waals surface area contributed by atoms with Gasteiger partial charge in [-0.3, -0.25) is 0 Å². The molecule has 0 saturated carbocycles. The maximum absolute atomic E-state index is 11.9. The molecule has 0 spiro atoms. The molecule has 0 unspecified atom stereocenters. The Morgan fingerprint density at radius 1 is 0.706 bits per heavy atom. The van der Waals surface area contributed by atoms with Gasteiger partial charge in [0.1, 0.15) is 20.0 Å². The lowest BCUT2D eigenvalue weighted by Crippen LogP contribution is -2.21. The molecule has 0 bridgehead atoms. The first-order chi connectivity index (χ1) is 7.20. The zero-order valence-electron chi connectivity index (χ0n) is 10.9. The van der Waals surface area contributed by atoms with Gasteiger partial charge < -0.3 is 4.13 Å². The third-order valence-corrected chi connectivity index (χ3v) is 6.64. The van der Waals surface area contributed by atoms with Crippen molar-refractivity contribution in [1.29, 1.82) is 0 Å². The fraction of sp³-hybridized carbons (Fsp3) is 0.800. The van der Waals surface area contributed by atoms with Crippen molar-refractivity contribution in [2.75, 3.05) is 0 Å². The maximum Gasteiger partial charge on any atom is 0.110 e. The third-order valence-electron chi connectivity index (χ3n) is 2.28. The molecule has 17 heavy (non-hydrogen) atoms. The van der Waals surface area contributed by atoms with Crippen LogP contribution >= 0.6 is 0 Å². The fourth-order valence-electron chi connectivity index (χ4n) is 1.89. The Bertz CT molecular complexity index is 517. The van der Waals surface area contributed by atoms with Gasteiger partial charge in [0, 0.05) is 9.81 Å². The van der Waals surface area contributed by atoms with Gasteiger partial charge in [-0.1, -0.05) is 41.5 Å². The molecule has 1 rings (SSSR count). The van der Waals surface area contributed by atoms with E-state index >= 15 is 0 Å². The molecule has 0 aromatic heterocycles. The van der Waals surface area contributed by atoms with Crippen molar-refractivity contribution in [1.82, 2.24) is 0 Å². The van der Waals surface area contributed by atoms with E-state index in [1.807, 2.05) is 0 Å². The zero-order valence-corrected chi connectivity index (χ0v) is 12.5. The summed E-state index contributed by atoms with van der Waals surface area (Å²) in [7, 11) is -8.14. The van der Waals surface area contributed by atoms with Gasteiger partial charge in [-0.25, -0.2) is 16.8 Å². The van der Waals surface area contributed by atoms with Gasteiger partial charge in [0.05, 0.1) is 0 Å². The van der Waals surface area contributed by atoms with Crippen LogP contribution in [0.5, 0.6) is 0 Å². The third kappa shape index (κ3) is 2.56. The molecule has 1 heterocycles. The van der Waals surface area contributed by atoms with Crippen molar-refractivity contribution in [2.45, 2.75) is 41.5 Å². The van der Waals surface area contributed by atoms with Crippen LogP contribution in [0.4, 0.5) is 0 Å². The average Bonchev–Trinajstić information content (AvgIpc) is 2.10. The average molecular weight is 280 g/mol. The van der Waals surface area contributed by atoms with E-state index in [1.54, 1.807) is 41.5 Å². The first kappa shape index (κ1) is 14.7. The van der Waals surface area contributed by atoms with Crippen LogP contribution in [0, 0.1) is 10.8 Å². The number of allylic oxidation sites excluding steroid dienone is 2. The minimum absolute atomic E-state index is 0.0856. The summed E-state index contributed by atoms with van der Waals surface area (Å²) in [6, 6.07) is 0. The molecule has 0 N–H and O–H groups in total. The smallest absolute Gasteiger partial charge is 0.110 e. The van der Waals surface area contributed by atoms with Crippen molar-refractivity contribution in [3.63, 3.8) is 0 Å². The molecule has 0 atom stereocenters. The number of rotatable bonds is 0. The van der Waals surface area contributed by atoms with E-state index in [9.17, 15) is 16.8 Å². The SMILES string of the molecule is CC(C)(C)C1=C(C(C)(C)C)S(=O)(=O)[N-]S1(=O)=O. The van der Waals surface area contributed by atoms with Crippen LogP contribution in [0.1, 0.15) is 41.5 Å². The Hall–Kier alpha value is -0.400. The summed E-state index contributed by atoms with van der Waals surface area (Å²) in [5.41, 5.74) is -1.57. The molecular formula is C10H18NO4S2-. The zero-order chi connectivity index (χ0) is 13.9. The Morgan fingerprint density at radius 2 is 0.941 bits per heavy atom. The van der Waals surface area contributed by atoms with Gasteiger partial charge in [0.2, 0.25) is 0 Å². The van der Waals surface area contributed by atoms with Gasteiger partial charge in [0.25, 0.3) is 0 Å². The summed E-state index contributed by atoms with van der Waals surface area (Å²) < 4.78 is 50.5. The van der Waals surface area contributed by atoms with Crippen molar-refractivity contribution in [2.24, 2.45) is 10.8 Å². The Kier molecular flexibility index (Phi) is 3.06. The molecule has 1 aliphatic rings. The van der Waals surface area contributed by atoms with Gasteiger partial charge >= 0.3 is 0 Å². The summed E-state index contributed by atoms with van der Waals surface area (Å²) in [6.07, 6.45) is 0. The lowest BCUT2D eigenvalue weighted by atomic mass is 9.88. The van der Waals surface area contributed by atoms with Gasteiger partial charge in [-0.05, 0) is 10.8 Å². The summed E-state index contributed by atoms with van der Waals surface area (Å²) in [6.45, 7) is 10.0. The minimum Gasteiger partial charge on any atom is -0.428 e. The Balaban J connectivity index is 3.84. The number of hydrogen-bond donors (Lipinski definition) is 0. The Morgan fingerprint density at radius 3 is 1.12 bits per heavy atom. The number of hydrogen-bond acceptors (Lipinski definition) is 4. The van der Waals surface area contributed by atoms with E-state index in [0.29, 0.717) is 0 Å². The number of sulfonamides is 2. The Labute approximate surface area is 103 Å². The quantitative estimate of drug-likeness (QED) is 0.682. The molecule has 7 heteroatoms. The van der Waals surface area contributed by atoms with Crippen molar-refractivity contribution < 1.29 is 16.8 Å². The molecule has 100 valence electrons. The normalized spacial score (nSPS) is 24.1. The molecule has 0 aromatic carbocycles. The van der Waals surface area contributed by atoms with Crippen molar-refractivity contribution >= 4 is 20.0 Å². The summed E-state index contributed by atoms with van der Waals surface area (Å²) in [5.74, 6) is 0. The summed E-state index contributed by atoms with van der Waals surface area (Å²) in [5, 5.41) is 0. The predicted molar refractivity (Wildman–Crippen MR) is 67.1 cm³/mol. The molecular weight excluding hydrogens is 262 g/mol. The first-order valence-corrected chi connectivity index (χ1v) is 8.07. The predicted octanol–water partition coefficient (Wildman–Crippen LogP) is 2.34. The van der Waals surface area contributed by atoms with Gasteiger partial charge in [-0.2, -0.15) is 0 Å². The fourth-order valence-corrected chi connectivity index (χ4v) is 6.78. The highest BCUT2D eigenvalue weighted by Crippen LogP contribution is 2.50. The molecule has 0 saturated heterocycles. The van der Waals surface area contributed by atoms with Crippen LogP contribution in [-0.2, 0) is 20.0 Å². The highest BCUT2D eigenvalue weighted by atomic mass is 32.3. The van der Waals surface area contributed by atoms with Crippen LogP contribution in [0.3, 0.4) is 0 Å². The lowest BCUT2D eigenvalue weighted by molar-refractivity contribution is 0.472. The lowest BCUT2D eigenvalue weighted by Gasteiger charge is -2.27. The topological polar surface area (TPSA) is 82.4 Å². The van der Waals surface area contributed by atoms with Gasteiger partial charge in [0.15, 0.2) is 0 Å². The van der Waals surface area contributed by atoms with E-state index in [0.717, 1.165) is 0 Å². The van der Waals surface area contributed by atoms with E-state index in [2.05, 4.69) is 4.13 Å². The molecule has 0 fully saturated rings. The van der Waals surface area contributed by atoms with Crippen molar-refractivity contribution in [3.8, 4) is 0 Å². The number of nitrogens with zero attached hydrogens (tertiary/aromatic N) is 1. The van der Waals surface area contributed by atoms with E-state index in [1.165, 1.54) is 0 Å². The maximum atomic E-state index is 11.9. The first-order valence-electron chi connectivity index (χ1n) is 5.19. The molecule has 0 amide bonds. The van der Waals surface area contributed by atoms with Gasteiger partial charge in [-0.15, -0.1) is 0 Å². The van der Waals surface area contributed by atoms with Crippen LogP contribution in [-0.4, -0.2) is 16.8 Å². The van der Waals surface area contributed by atoms with E-state index < -0.39 is 30.9 Å². The second-order valence-corrected chi connectivity index (χ2v) is 9.50. The molecule has 5 nitrogen and oxygen atoms in total. The minimum atomic E-state index is -4.07. The highest BCUT2D eigenvalue weighted by molar-refractivity contribution is 8.18. The standard InChI is InChI=1S/C10H18NO4S2/c1-9(2,3)7-8(10(4,5)6)17(14,15)11-16(7,12)13/h1-6H3/q-1. The molecule has 0 radical (unpaired) electrons. The van der Waals surface area contributed by atoms with Crippen LogP contribution in [0.25, 0.3) is 4.13 Å². The largest absolute Gasteiger partial charge is 0.428 e. The highest BCUT2D eigenvalue weighted by Gasteiger charge is 2.42. The van der Waals surface area contributed by atoms with E-state index in [-0.39, 0.29) is 9.81 Å². The molecule has 1 aliphatic heterocycles. The van der Waals surface area contributed by atoms with E-state index in [4.69, 9.17) is 0 Å².